The lowest BCUT2D eigenvalue weighted by atomic mass is 10.1. The highest BCUT2D eigenvalue weighted by molar-refractivity contribution is 6.42. The molecule has 0 saturated carbocycles. The number of benzene rings is 2. The number of amides is 2. The lowest BCUT2D eigenvalue weighted by Crippen LogP contribution is -2.49. The number of nitrogens with zero attached hydrogens (tertiary/aromatic N) is 1. The van der Waals surface area contributed by atoms with Gasteiger partial charge in [-0.3, -0.25) is 9.59 Å². The van der Waals surface area contributed by atoms with Crippen LogP contribution < -0.4 is 10.1 Å². The molecule has 0 aliphatic rings. The fraction of sp³-hybridized carbons (Fsp3) is 0.440. The monoisotopic (exact) mass is 478 g/mol. The first-order chi connectivity index (χ1) is 15.2. The van der Waals surface area contributed by atoms with Crippen molar-refractivity contribution in [2.24, 2.45) is 0 Å². The fourth-order valence-electron chi connectivity index (χ4n) is 3.07. The van der Waals surface area contributed by atoms with Gasteiger partial charge < -0.3 is 15.0 Å². The lowest BCUT2D eigenvalue weighted by Gasteiger charge is -2.30. The zero-order valence-electron chi connectivity index (χ0n) is 19.2. The van der Waals surface area contributed by atoms with Crippen LogP contribution in [0.15, 0.2) is 42.5 Å². The molecule has 0 aromatic heterocycles. The molecule has 2 atom stereocenters. The van der Waals surface area contributed by atoms with E-state index in [0.29, 0.717) is 23.1 Å². The molecule has 0 spiro atoms. The number of rotatable bonds is 11. The molecule has 5 nitrogen and oxygen atoms in total. The Bertz CT molecular complexity index is 903. The van der Waals surface area contributed by atoms with Crippen LogP contribution in [0.25, 0.3) is 0 Å². The van der Waals surface area contributed by atoms with Gasteiger partial charge in [-0.05, 0) is 63.4 Å². The summed E-state index contributed by atoms with van der Waals surface area (Å²) >= 11 is 12.2. The van der Waals surface area contributed by atoms with Crippen molar-refractivity contribution in [2.75, 3.05) is 6.61 Å². The Labute approximate surface area is 201 Å². The molecule has 7 heteroatoms. The third kappa shape index (κ3) is 8.03. The standard InChI is InChI=1S/C25H32Cl2N2O3/c1-5-18(3)28-25(31)19(4)29(16-20-10-13-22(26)23(27)15-20)24(30)7-6-14-32-21-11-8-17(2)9-12-21/h8-13,15,18-19H,5-7,14,16H2,1-4H3,(H,28,31)/t18-,19-/m0/s1. The molecule has 174 valence electrons. The summed E-state index contributed by atoms with van der Waals surface area (Å²) in [5.41, 5.74) is 1.97. The molecule has 0 aliphatic heterocycles. The number of ether oxygens (including phenoxy) is 1. The Morgan fingerprint density at radius 1 is 1.06 bits per heavy atom. The van der Waals surface area contributed by atoms with Crippen molar-refractivity contribution in [1.82, 2.24) is 10.2 Å². The third-order valence-electron chi connectivity index (χ3n) is 5.33. The molecule has 2 rings (SSSR count). The predicted octanol–water partition coefficient (Wildman–Crippen LogP) is 5.79. The van der Waals surface area contributed by atoms with Crippen molar-refractivity contribution in [2.45, 2.75) is 65.6 Å². The van der Waals surface area contributed by atoms with Crippen LogP contribution in [0, 0.1) is 6.92 Å². The number of hydrogen-bond donors (Lipinski definition) is 1. The SMILES string of the molecule is CC[C@H](C)NC(=O)[C@H](C)N(Cc1ccc(Cl)c(Cl)c1)C(=O)CCCOc1ccc(C)cc1. The molecule has 0 heterocycles. The van der Waals surface area contributed by atoms with Crippen LogP contribution in [-0.2, 0) is 16.1 Å². The lowest BCUT2D eigenvalue weighted by molar-refractivity contribution is -0.141. The van der Waals surface area contributed by atoms with Crippen LogP contribution in [0.3, 0.4) is 0 Å². The second-order valence-electron chi connectivity index (χ2n) is 8.03. The minimum absolute atomic E-state index is 0.0368. The van der Waals surface area contributed by atoms with Crippen LogP contribution in [0.4, 0.5) is 0 Å². The van der Waals surface area contributed by atoms with E-state index in [4.69, 9.17) is 27.9 Å². The largest absolute Gasteiger partial charge is 0.494 e. The number of nitrogens with one attached hydrogen (secondary N) is 1. The molecule has 1 N–H and O–H groups in total. The average molecular weight is 479 g/mol. The summed E-state index contributed by atoms with van der Waals surface area (Å²) in [6.45, 7) is 8.40. The maximum atomic E-state index is 13.1. The minimum atomic E-state index is -0.621. The van der Waals surface area contributed by atoms with E-state index < -0.39 is 6.04 Å². The van der Waals surface area contributed by atoms with Gasteiger partial charge in [-0.15, -0.1) is 0 Å². The molecule has 2 aromatic rings. The van der Waals surface area contributed by atoms with Gasteiger partial charge in [0.2, 0.25) is 11.8 Å². The van der Waals surface area contributed by atoms with E-state index in [2.05, 4.69) is 5.32 Å². The van der Waals surface area contributed by atoms with E-state index in [-0.39, 0.29) is 30.8 Å². The van der Waals surface area contributed by atoms with Gasteiger partial charge in [-0.2, -0.15) is 0 Å². The summed E-state index contributed by atoms with van der Waals surface area (Å²) < 4.78 is 5.73. The highest BCUT2D eigenvalue weighted by atomic mass is 35.5. The van der Waals surface area contributed by atoms with Gasteiger partial charge in [0, 0.05) is 19.0 Å². The Morgan fingerprint density at radius 3 is 2.38 bits per heavy atom. The first kappa shape index (κ1) is 26.0. The molecule has 0 fully saturated rings. The summed E-state index contributed by atoms with van der Waals surface area (Å²) in [4.78, 5) is 27.4. The number of aryl methyl sites for hydroxylation is 1. The van der Waals surface area contributed by atoms with Crippen molar-refractivity contribution >= 4 is 35.0 Å². The van der Waals surface area contributed by atoms with Crippen molar-refractivity contribution < 1.29 is 14.3 Å². The number of carbonyl (C=O) groups excluding carboxylic acids is 2. The zero-order chi connectivity index (χ0) is 23.7. The van der Waals surface area contributed by atoms with Gasteiger partial charge in [0.05, 0.1) is 16.7 Å². The van der Waals surface area contributed by atoms with Crippen molar-refractivity contribution in [3.8, 4) is 5.75 Å². The van der Waals surface area contributed by atoms with Crippen LogP contribution in [0.1, 0.15) is 51.2 Å². The zero-order valence-corrected chi connectivity index (χ0v) is 20.7. The molecule has 0 unspecified atom stereocenters. The normalized spacial score (nSPS) is 12.7. The van der Waals surface area contributed by atoms with Gasteiger partial charge in [-0.1, -0.05) is 53.9 Å². The molecule has 0 radical (unpaired) electrons. The highest BCUT2D eigenvalue weighted by Gasteiger charge is 2.26. The highest BCUT2D eigenvalue weighted by Crippen LogP contribution is 2.24. The van der Waals surface area contributed by atoms with E-state index in [0.717, 1.165) is 23.3 Å². The van der Waals surface area contributed by atoms with Crippen molar-refractivity contribution in [3.05, 3.63) is 63.6 Å². The Hall–Kier alpha value is -2.24. The second-order valence-corrected chi connectivity index (χ2v) is 8.84. The molecule has 0 saturated heterocycles. The van der Waals surface area contributed by atoms with Gasteiger partial charge in [0.25, 0.3) is 0 Å². The number of hydrogen-bond acceptors (Lipinski definition) is 3. The maximum Gasteiger partial charge on any atom is 0.242 e. The van der Waals surface area contributed by atoms with Crippen molar-refractivity contribution in [1.29, 1.82) is 0 Å². The van der Waals surface area contributed by atoms with Gasteiger partial charge in [-0.25, -0.2) is 0 Å². The van der Waals surface area contributed by atoms with E-state index in [1.165, 1.54) is 0 Å². The van der Waals surface area contributed by atoms with Crippen LogP contribution >= 0.6 is 23.2 Å². The Balaban J connectivity index is 2.04. The van der Waals surface area contributed by atoms with E-state index in [9.17, 15) is 9.59 Å². The third-order valence-corrected chi connectivity index (χ3v) is 6.07. The van der Waals surface area contributed by atoms with Crippen LogP contribution in [-0.4, -0.2) is 35.4 Å². The number of halogens is 2. The van der Waals surface area contributed by atoms with E-state index >= 15 is 0 Å². The van der Waals surface area contributed by atoms with E-state index in [1.54, 1.807) is 24.0 Å². The first-order valence-electron chi connectivity index (χ1n) is 10.9. The molecule has 0 bridgehead atoms. The van der Waals surface area contributed by atoms with Gasteiger partial charge in [0.1, 0.15) is 11.8 Å². The molecular weight excluding hydrogens is 447 g/mol. The first-order valence-corrected chi connectivity index (χ1v) is 11.7. The summed E-state index contributed by atoms with van der Waals surface area (Å²) in [5, 5.41) is 3.82. The van der Waals surface area contributed by atoms with Crippen LogP contribution in [0.2, 0.25) is 10.0 Å². The number of carbonyl (C=O) groups is 2. The minimum Gasteiger partial charge on any atom is -0.494 e. The fourth-order valence-corrected chi connectivity index (χ4v) is 3.40. The maximum absolute atomic E-state index is 13.1. The predicted molar refractivity (Wildman–Crippen MR) is 130 cm³/mol. The Morgan fingerprint density at radius 2 is 1.75 bits per heavy atom. The Kier molecular flexibility index (Phi) is 10.3. The van der Waals surface area contributed by atoms with Gasteiger partial charge >= 0.3 is 0 Å². The van der Waals surface area contributed by atoms with Crippen molar-refractivity contribution in [3.63, 3.8) is 0 Å². The smallest absolute Gasteiger partial charge is 0.242 e. The van der Waals surface area contributed by atoms with Crippen LogP contribution in [0.5, 0.6) is 5.75 Å². The molecule has 32 heavy (non-hydrogen) atoms. The average Bonchev–Trinajstić information content (AvgIpc) is 2.77. The quantitative estimate of drug-likeness (QED) is 0.415. The summed E-state index contributed by atoms with van der Waals surface area (Å²) in [5.74, 6) is 0.482. The summed E-state index contributed by atoms with van der Waals surface area (Å²) in [6.07, 6.45) is 1.63. The second kappa shape index (κ2) is 12.7. The summed E-state index contributed by atoms with van der Waals surface area (Å²) in [7, 11) is 0. The molecular formula is C25H32Cl2N2O3. The molecule has 2 aromatic carbocycles. The summed E-state index contributed by atoms with van der Waals surface area (Å²) in [6, 6.07) is 12.4. The van der Waals surface area contributed by atoms with Gasteiger partial charge in [0.15, 0.2) is 0 Å². The topological polar surface area (TPSA) is 58.6 Å². The molecule has 0 aliphatic carbocycles. The van der Waals surface area contributed by atoms with E-state index in [1.807, 2.05) is 51.1 Å². The molecule has 2 amide bonds.